The Morgan fingerprint density at radius 2 is 1.35 bits per heavy atom. The fraction of sp³-hybridized carbons (Fsp3) is 0.595. The molecule has 5 rings (SSSR count). The predicted molar refractivity (Wildman–Crippen MR) is 210 cm³/mol. The van der Waals surface area contributed by atoms with E-state index < -0.39 is 97.7 Å². The maximum absolute atomic E-state index is 13.2. The molecular weight excluding hydrogens is 792 g/mol. The molecule has 18 heteroatoms. The molecule has 2 aliphatic heterocycles. The molecular formula is C42H56O18. The molecule has 332 valence electrons. The number of phenolic OH excluding ortho intramolecular Hbond substituents is 2. The molecule has 0 amide bonds. The summed E-state index contributed by atoms with van der Waals surface area (Å²) in [6, 6.07) is 7.68. The number of rotatable bonds is 20. The van der Waals surface area contributed by atoms with E-state index in [9.17, 15) is 50.1 Å². The number of unbranched alkanes of at least 4 members (excludes halogenated alkanes) is 8. The molecule has 3 heterocycles. The number of benzene rings is 2. The molecule has 0 unspecified atom stereocenters. The van der Waals surface area contributed by atoms with Gasteiger partial charge in [0.05, 0.1) is 7.11 Å². The van der Waals surface area contributed by atoms with Crippen LogP contribution in [0.1, 0.15) is 78.1 Å². The molecule has 60 heavy (non-hydrogen) atoms. The number of aliphatic hydroxyl groups excluding tert-OH is 5. The van der Waals surface area contributed by atoms with Gasteiger partial charge in [-0.05, 0) is 24.6 Å². The number of aliphatic hydroxyl groups is 5. The van der Waals surface area contributed by atoms with Gasteiger partial charge in [0.15, 0.2) is 29.3 Å². The lowest BCUT2D eigenvalue weighted by Crippen LogP contribution is -2.65. The Balaban J connectivity index is 1.36. The fourth-order valence-electron chi connectivity index (χ4n) is 7.05. The number of carbonyl (C=O) groups excluding carboxylic acids is 2. The molecule has 1 aromatic heterocycles. The van der Waals surface area contributed by atoms with Crippen LogP contribution in [0.15, 0.2) is 45.6 Å². The molecule has 0 radical (unpaired) electrons. The van der Waals surface area contributed by atoms with Gasteiger partial charge in [-0.25, -0.2) is 0 Å². The first-order valence-corrected chi connectivity index (χ1v) is 20.2. The summed E-state index contributed by atoms with van der Waals surface area (Å²) in [7, 11) is 1.35. The highest BCUT2D eigenvalue weighted by Gasteiger charge is 2.52. The Kier molecular flexibility index (Phi) is 16.9. The van der Waals surface area contributed by atoms with Gasteiger partial charge < -0.3 is 73.3 Å². The number of esters is 2. The van der Waals surface area contributed by atoms with Crippen LogP contribution in [-0.4, -0.2) is 129 Å². The summed E-state index contributed by atoms with van der Waals surface area (Å²) in [6.45, 7) is 2.22. The zero-order valence-electron chi connectivity index (χ0n) is 33.8. The largest absolute Gasteiger partial charge is 0.507 e. The number of ether oxygens (including phenoxy) is 7. The first kappa shape index (κ1) is 46.5. The molecule has 10 atom stereocenters. The number of methoxy groups -OCH3 is 1. The van der Waals surface area contributed by atoms with Gasteiger partial charge in [0, 0.05) is 37.1 Å². The number of phenols is 2. The van der Waals surface area contributed by atoms with Crippen LogP contribution in [-0.2, 0) is 33.3 Å². The van der Waals surface area contributed by atoms with E-state index in [2.05, 4.69) is 6.92 Å². The highest BCUT2D eigenvalue weighted by atomic mass is 16.8. The topological polar surface area (TPSA) is 271 Å². The Bertz CT molecular complexity index is 1930. The molecule has 2 aliphatic rings. The number of hydrogen-bond donors (Lipinski definition) is 7. The van der Waals surface area contributed by atoms with Crippen LogP contribution in [0.5, 0.6) is 23.0 Å². The zero-order chi connectivity index (χ0) is 43.5. The lowest BCUT2D eigenvalue weighted by molar-refractivity contribution is -0.358. The van der Waals surface area contributed by atoms with Crippen LogP contribution >= 0.6 is 0 Å². The van der Waals surface area contributed by atoms with Crippen LogP contribution in [0.2, 0.25) is 0 Å². The summed E-state index contributed by atoms with van der Waals surface area (Å²) in [5.74, 6) is -2.07. The summed E-state index contributed by atoms with van der Waals surface area (Å²) in [5, 5.41) is 75.3. The monoisotopic (exact) mass is 848 g/mol. The van der Waals surface area contributed by atoms with Crippen molar-refractivity contribution in [2.24, 2.45) is 0 Å². The molecule has 3 aromatic rings. The maximum Gasteiger partial charge on any atom is 0.305 e. The summed E-state index contributed by atoms with van der Waals surface area (Å²) in [5.41, 5.74) is -0.448. The minimum atomic E-state index is -1.94. The number of fused-ring (bicyclic) bond motifs is 1. The minimum absolute atomic E-state index is 0.0350. The normalized spacial score (nSPS) is 26.7. The van der Waals surface area contributed by atoms with E-state index in [1.807, 2.05) is 0 Å². The van der Waals surface area contributed by atoms with Gasteiger partial charge in [-0.3, -0.25) is 14.4 Å². The van der Waals surface area contributed by atoms with E-state index in [-0.39, 0.29) is 40.4 Å². The van der Waals surface area contributed by atoms with Crippen molar-refractivity contribution in [3.8, 4) is 34.3 Å². The lowest BCUT2D eigenvalue weighted by atomic mass is 9.97. The van der Waals surface area contributed by atoms with E-state index in [1.54, 1.807) is 0 Å². The highest BCUT2D eigenvalue weighted by Crippen LogP contribution is 2.37. The Hall–Kier alpha value is -4.53. The van der Waals surface area contributed by atoms with Crippen LogP contribution < -0.4 is 14.9 Å². The van der Waals surface area contributed by atoms with Crippen molar-refractivity contribution >= 4 is 22.9 Å². The Morgan fingerprint density at radius 3 is 2.02 bits per heavy atom. The van der Waals surface area contributed by atoms with Crippen molar-refractivity contribution in [3.63, 3.8) is 0 Å². The van der Waals surface area contributed by atoms with Crippen LogP contribution in [0.3, 0.4) is 0 Å². The molecule has 0 spiro atoms. The van der Waals surface area contributed by atoms with Gasteiger partial charge in [-0.2, -0.15) is 0 Å². The van der Waals surface area contributed by atoms with Crippen LogP contribution in [0, 0.1) is 0 Å². The van der Waals surface area contributed by atoms with Crippen LogP contribution in [0.25, 0.3) is 22.3 Å². The quantitative estimate of drug-likeness (QED) is 0.0636. The fourth-order valence-corrected chi connectivity index (χ4v) is 7.05. The second-order valence-electron chi connectivity index (χ2n) is 15.0. The van der Waals surface area contributed by atoms with Gasteiger partial charge in [0.1, 0.15) is 84.2 Å². The van der Waals surface area contributed by atoms with Crippen molar-refractivity contribution in [3.05, 3.63) is 46.6 Å². The second kappa shape index (κ2) is 21.8. The molecule has 2 saturated heterocycles. The van der Waals surface area contributed by atoms with Crippen LogP contribution in [0.4, 0.5) is 0 Å². The lowest BCUT2D eigenvalue weighted by Gasteiger charge is -2.46. The van der Waals surface area contributed by atoms with E-state index in [1.165, 1.54) is 57.1 Å². The highest BCUT2D eigenvalue weighted by molar-refractivity contribution is 5.86. The smallest absolute Gasteiger partial charge is 0.305 e. The standard InChI is InChI=1S/C42H56O18/c1-4-5-6-7-8-9-10-11-12-13-33(47)55-21-32-36(49)38(51)40(60-41-39(52)37(50)35(48)31(58-41)20-54-22(2)43)42(59-32)56-24-17-26(45)34-27(46)19-28(57-30(34)18-24)23-14-15-25(44)29(16-23)53-3/h14-19,31-32,35-42,44-45,48-52H,4-13,20-21H2,1-3H3/t31-,32-,35-,36-,37-,38+,39-,40-,41+,42-/m1/s1. The van der Waals surface area contributed by atoms with Crippen molar-refractivity contribution in [2.75, 3.05) is 20.3 Å². The third kappa shape index (κ3) is 11.8. The molecule has 18 nitrogen and oxygen atoms in total. The third-order valence-electron chi connectivity index (χ3n) is 10.4. The van der Waals surface area contributed by atoms with Gasteiger partial charge >= 0.3 is 11.9 Å². The third-order valence-corrected chi connectivity index (χ3v) is 10.4. The molecule has 7 N–H and O–H groups in total. The van der Waals surface area contributed by atoms with Gasteiger partial charge in [-0.15, -0.1) is 0 Å². The van der Waals surface area contributed by atoms with Crippen molar-refractivity contribution in [1.82, 2.24) is 0 Å². The maximum atomic E-state index is 13.2. The zero-order valence-corrected chi connectivity index (χ0v) is 33.8. The van der Waals surface area contributed by atoms with E-state index in [0.717, 1.165) is 44.7 Å². The van der Waals surface area contributed by atoms with E-state index in [4.69, 9.17) is 37.6 Å². The predicted octanol–water partition coefficient (Wildman–Crippen LogP) is 2.93. The average molecular weight is 849 g/mol. The van der Waals surface area contributed by atoms with E-state index in [0.29, 0.717) is 12.0 Å². The Morgan fingerprint density at radius 1 is 0.717 bits per heavy atom. The number of carbonyl (C=O) groups is 2. The average Bonchev–Trinajstić information content (AvgIpc) is 3.21. The minimum Gasteiger partial charge on any atom is -0.507 e. The molecule has 2 aromatic carbocycles. The molecule has 0 saturated carbocycles. The second-order valence-corrected chi connectivity index (χ2v) is 15.0. The SMILES string of the molecule is CCCCCCCCCCCC(=O)OC[C@H]1O[C@@H](Oc2cc(O)c3c(=O)cc(-c4ccc(O)c(OC)c4)oc3c2)[C@H](O[C@@H]2O[C@H](COC(C)=O)[C@@H](O)[C@@H](O)[C@H]2O)[C@@H](O)[C@@H]1O. The summed E-state index contributed by atoms with van der Waals surface area (Å²) < 4.78 is 45.0. The first-order valence-electron chi connectivity index (χ1n) is 20.2. The summed E-state index contributed by atoms with van der Waals surface area (Å²) >= 11 is 0. The number of aromatic hydroxyl groups is 2. The first-order chi connectivity index (χ1) is 28.7. The molecule has 2 fully saturated rings. The Labute approximate surface area is 346 Å². The van der Waals surface area contributed by atoms with Crippen molar-refractivity contribution < 1.29 is 82.9 Å². The number of hydrogen-bond acceptors (Lipinski definition) is 18. The molecule has 0 aliphatic carbocycles. The summed E-state index contributed by atoms with van der Waals surface area (Å²) in [6.07, 6.45) is -7.79. The van der Waals surface area contributed by atoms with Crippen molar-refractivity contribution in [2.45, 2.75) is 139 Å². The molecule has 0 bridgehead atoms. The van der Waals surface area contributed by atoms with E-state index >= 15 is 0 Å². The van der Waals surface area contributed by atoms with Gasteiger partial charge in [-0.1, -0.05) is 58.3 Å². The van der Waals surface area contributed by atoms with Gasteiger partial charge in [0.25, 0.3) is 0 Å². The van der Waals surface area contributed by atoms with Crippen molar-refractivity contribution in [1.29, 1.82) is 0 Å². The van der Waals surface area contributed by atoms with Gasteiger partial charge in [0.2, 0.25) is 6.29 Å². The summed E-state index contributed by atoms with van der Waals surface area (Å²) in [4.78, 5) is 37.3.